The quantitative estimate of drug-likeness (QED) is 0.638. The summed E-state index contributed by atoms with van der Waals surface area (Å²) in [6.45, 7) is 15.6. The summed E-state index contributed by atoms with van der Waals surface area (Å²) in [5.41, 5.74) is 1.79. The molecule has 0 aromatic rings. The molecule has 1 aliphatic heterocycles. The topological polar surface area (TPSA) is 9.23 Å². The standard InChI is InChI=1S/C15H28O/c1-11-7-13(3)16-14(8-11)9-12(2)10-15(4,5)6/h12-14H,1,7-10H2,2-6H3/t12-,13-,14+/m0/s1. The molecule has 1 heterocycles. The number of hydrogen-bond acceptors (Lipinski definition) is 1. The van der Waals surface area contributed by atoms with E-state index in [1.54, 1.807) is 0 Å². The van der Waals surface area contributed by atoms with E-state index in [1.807, 2.05) is 0 Å². The van der Waals surface area contributed by atoms with Crippen LogP contribution in [0, 0.1) is 11.3 Å². The van der Waals surface area contributed by atoms with E-state index >= 15 is 0 Å². The number of hydrogen-bond donors (Lipinski definition) is 0. The Hall–Kier alpha value is -0.300. The second kappa shape index (κ2) is 5.35. The zero-order chi connectivity index (χ0) is 12.3. The van der Waals surface area contributed by atoms with Crippen molar-refractivity contribution in [2.24, 2.45) is 11.3 Å². The summed E-state index contributed by atoms with van der Waals surface area (Å²) >= 11 is 0. The van der Waals surface area contributed by atoms with Gasteiger partial charge in [0.25, 0.3) is 0 Å². The smallest absolute Gasteiger partial charge is 0.0618 e. The third kappa shape index (κ3) is 5.16. The fraction of sp³-hybridized carbons (Fsp3) is 0.867. The summed E-state index contributed by atoms with van der Waals surface area (Å²) in [4.78, 5) is 0. The lowest BCUT2D eigenvalue weighted by molar-refractivity contribution is -0.0333. The molecule has 1 rings (SSSR count). The molecule has 0 aliphatic carbocycles. The molecule has 0 saturated carbocycles. The lowest BCUT2D eigenvalue weighted by Crippen LogP contribution is -2.29. The van der Waals surface area contributed by atoms with Crippen LogP contribution >= 0.6 is 0 Å². The Morgan fingerprint density at radius 1 is 1.38 bits per heavy atom. The Balaban J connectivity index is 2.38. The van der Waals surface area contributed by atoms with Crippen LogP contribution in [0.25, 0.3) is 0 Å². The molecular weight excluding hydrogens is 196 g/mol. The average Bonchev–Trinajstić information content (AvgIpc) is 1.96. The van der Waals surface area contributed by atoms with Crippen molar-refractivity contribution < 1.29 is 4.74 Å². The van der Waals surface area contributed by atoms with Crippen LogP contribution in [0.15, 0.2) is 12.2 Å². The molecule has 0 N–H and O–H groups in total. The largest absolute Gasteiger partial charge is 0.375 e. The highest BCUT2D eigenvalue weighted by molar-refractivity contribution is 5.01. The predicted octanol–water partition coefficient (Wildman–Crippen LogP) is 4.57. The van der Waals surface area contributed by atoms with Crippen LogP contribution in [-0.2, 0) is 4.74 Å². The zero-order valence-corrected chi connectivity index (χ0v) is 11.7. The zero-order valence-electron chi connectivity index (χ0n) is 11.7. The monoisotopic (exact) mass is 224 g/mol. The van der Waals surface area contributed by atoms with Crippen molar-refractivity contribution >= 4 is 0 Å². The van der Waals surface area contributed by atoms with Gasteiger partial charge >= 0.3 is 0 Å². The lowest BCUT2D eigenvalue weighted by Gasteiger charge is -2.32. The molecule has 0 bridgehead atoms. The molecule has 0 aromatic heterocycles. The van der Waals surface area contributed by atoms with E-state index in [0.717, 1.165) is 18.8 Å². The van der Waals surface area contributed by atoms with Crippen molar-refractivity contribution in [3.8, 4) is 0 Å². The number of rotatable bonds is 3. The summed E-state index contributed by atoms with van der Waals surface area (Å²) in [6, 6.07) is 0. The fourth-order valence-electron chi connectivity index (χ4n) is 2.95. The highest BCUT2D eigenvalue weighted by Gasteiger charge is 2.25. The SMILES string of the molecule is C=C1C[C@H](C[C@H](C)CC(C)(C)C)O[C@@H](C)C1. The van der Waals surface area contributed by atoms with Gasteiger partial charge in [0.1, 0.15) is 0 Å². The van der Waals surface area contributed by atoms with Crippen LogP contribution in [0.1, 0.15) is 60.3 Å². The van der Waals surface area contributed by atoms with Gasteiger partial charge in [-0.1, -0.05) is 39.8 Å². The molecule has 1 aliphatic rings. The minimum atomic E-state index is 0.369. The first-order valence-corrected chi connectivity index (χ1v) is 6.58. The molecule has 0 amide bonds. The van der Waals surface area contributed by atoms with Crippen molar-refractivity contribution in [2.75, 3.05) is 0 Å². The van der Waals surface area contributed by atoms with Gasteiger partial charge in [-0.25, -0.2) is 0 Å². The molecule has 16 heavy (non-hydrogen) atoms. The minimum Gasteiger partial charge on any atom is -0.375 e. The molecular formula is C15H28O. The minimum absolute atomic E-state index is 0.369. The summed E-state index contributed by atoms with van der Waals surface area (Å²) in [7, 11) is 0. The van der Waals surface area contributed by atoms with Gasteiger partial charge in [0.05, 0.1) is 12.2 Å². The van der Waals surface area contributed by atoms with Gasteiger partial charge in [-0.05, 0) is 43.9 Å². The van der Waals surface area contributed by atoms with Gasteiger partial charge in [-0.3, -0.25) is 0 Å². The lowest BCUT2D eigenvalue weighted by atomic mass is 9.82. The maximum absolute atomic E-state index is 5.98. The van der Waals surface area contributed by atoms with Crippen LogP contribution in [0.4, 0.5) is 0 Å². The number of ether oxygens (including phenoxy) is 1. The maximum atomic E-state index is 5.98. The molecule has 3 atom stereocenters. The van der Waals surface area contributed by atoms with E-state index < -0.39 is 0 Å². The first-order valence-electron chi connectivity index (χ1n) is 6.58. The van der Waals surface area contributed by atoms with E-state index in [4.69, 9.17) is 4.74 Å². The molecule has 94 valence electrons. The van der Waals surface area contributed by atoms with Crippen molar-refractivity contribution in [3.05, 3.63) is 12.2 Å². The van der Waals surface area contributed by atoms with Gasteiger partial charge in [-0.15, -0.1) is 0 Å². The molecule has 1 nitrogen and oxygen atoms in total. The van der Waals surface area contributed by atoms with Gasteiger partial charge in [-0.2, -0.15) is 0 Å². The summed E-state index contributed by atoms with van der Waals surface area (Å²) in [6.07, 6.45) is 5.35. The van der Waals surface area contributed by atoms with Crippen LogP contribution in [0.2, 0.25) is 0 Å². The summed E-state index contributed by atoms with van der Waals surface area (Å²) in [5, 5.41) is 0. The molecule has 1 saturated heterocycles. The molecule has 1 heteroatoms. The van der Waals surface area contributed by atoms with E-state index in [1.165, 1.54) is 18.4 Å². The normalized spacial score (nSPS) is 29.2. The fourth-order valence-corrected chi connectivity index (χ4v) is 2.95. The van der Waals surface area contributed by atoms with Crippen LogP contribution in [-0.4, -0.2) is 12.2 Å². The molecule has 0 aromatic carbocycles. The van der Waals surface area contributed by atoms with Crippen molar-refractivity contribution in [3.63, 3.8) is 0 Å². The van der Waals surface area contributed by atoms with E-state index in [9.17, 15) is 0 Å². The Labute approximate surface area is 101 Å². The highest BCUT2D eigenvalue weighted by Crippen LogP contribution is 2.31. The first-order chi connectivity index (χ1) is 7.26. The van der Waals surface area contributed by atoms with Crippen molar-refractivity contribution in [1.82, 2.24) is 0 Å². The van der Waals surface area contributed by atoms with Crippen LogP contribution < -0.4 is 0 Å². The summed E-state index contributed by atoms with van der Waals surface area (Å²) < 4.78 is 5.98. The predicted molar refractivity (Wildman–Crippen MR) is 70.6 cm³/mol. The van der Waals surface area contributed by atoms with Gasteiger partial charge in [0.2, 0.25) is 0 Å². The third-order valence-electron chi connectivity index (χ3n) is 3.14. The summed E-state index contributed by atoms with van der Waals surface area (Å²) in [5.74, 6) is 0.739. The second-order valence-corrected chi connectivity index (χ2v) is 6.83. The average molecular weight is 224 g/mol. The molecule has 0 spiro atoms. The first kappa shape index (κ1) is 13.8. The van der Waals surface area contributed by atoms with E-state index in [0.29, 0.717) is 17.6 Å². The second-order valence-electron chi connectivity index (χ2n) is 6.83. The Bertz CT molecular complexity index is 236. The highest BCUT2D eigenvalue weighted by atomic mass is 16.5. The van der Waals surface area contributed by atoms with Gasteiger partial charge in [0, 0.05) is 0 Å². The Morgan fingerprint density at radius 2 is 2.00 bits per heavy atom. The van der Waals surface area contributed by atoms with E-state index in [-0.39, 0.29) is 0 Å². The van der Waals surface area contributed by atoms with Crippen molar-refractivity contribution in [1.29, 1.82) is 0 Å². The van der Waals surface area contributed by atoms with Gasteiger partial charge < -0.3 is 4.74 Å². The van der Waals surface area contributed by atoms with Crippen molar-refractivity contribution in [2.45, 2.75) is 72.5 Å². The third-order valence-corrected chi connectivity index (χ3v) is 3.14. The maximum Gasteiger partial charge on any atom is 0.0618 e. The molecule has 1 fully saturated rings. The van der Waals surface area contributed by atoms with Crippen LogP contribution in [0.5, 0.6) is 0 Å². The Kier molecular flexibility index (Phi) is 4.61. The molecule has 0 radical (unpaired) electrons. The van der Waals surface area contributed by atoms with Gasteiger partial charge in [0.15, 0.2) is 0 Å². The van der Waals surface area contributed by atoms with E-state index in [2.05, 4.69) is 41.2 Å². The Morgan fingerprint density at radius 3 is 2.50 bits per heavy atom. The molecule has 0 unspecified atom stereocenters. The van der Waals surface area contributed by atoms with Crippen LogP contribution in [0.3, 0.4) is 0 Å².